The number of benzene rings is 1. The molecule has 2 heterocycles. The minimum atomic E-state index is 0.0164. The van der Waals surface area contributed by atoms with E-state index in [1.165, 1.54) is 5.56 Å². The number of nitrogens with one attached hydrogen (secondary N) is 1. The summed E-state index contributed by atoms with van der Waals surface area (Å²) in [5, 5.41) is 5.41. The molecule has 2 fully saturated rings. The van der Waals surface area contributed by atoms with E-state index >= 15 is 0 Å². The summed E-state index contributed by atoms with van der Waals surface area (Å²) in [5.41, 5.74) is 8.45. The van der Waals surface area contributed by atoms with Gasteiger partial charge < -0.3 is 15.8 Å². The van der Waals surface area contributed by atoms with Crippen molar-refractivity contribution in [3.63, 3.8) is 0 Å². The van der Waals surface area contributed by atoms with Crippen LogP contribution in [-0.2, 0) is 9.53 Å². The molecule has 1 saturated carbocycles. The number of ether oxygens (including phenoxy) is 1. The number of amides is 1. The van der Waals surface area contributed by atoms with E-state index in [1.54, 1.807) is 11.8 Å². The van der Waals surface area contributed by atoms with Crippen molar-refractivity contribution < 1.29 is 9.53 Å². The molecule has 0 bridgehead atoms. The summed E-state index contributed by atoms with van der Waals surface area (Å²) in [6, 6.07) is 8.95. The number of hydrogen-bond donors (Lipinski definition) is 2. The van der Waals surface area contributed by atoms with Gasteiger partial charge in [0.1, 0.15) is 0 Å². The van der Waals surface area contributed by atoms with Crippen molar-refractivity contribution in [2.75, 3.05) is 7.11 Å². The van der Waals surface area contributed by atoms with Crippen molar-refractivity contribution in [3.8, 4) is 0 Å². The minimum absolute atomic E-state index is 0.0164. The van der Waals surface area contributed by atoms with E-state index in [1.807, 2.05) is 14.0 Å². The second kappa shape index (κ2) is 6.78. The highest BCUT2D eigenvalue weighted by Crippen LogP contribution is 2.50. The number of carbonyl (C=O) groups is 1. The van der Waals surface area contributed by atoms with Crippen LogP contribution < -0.4 is 11.1 Å². The van der Waals surface area contributed by atoms with Crippen molar-refractivity contribution in [1.29, 1.82) is 0 Å². The summed E-state index contributed by atoms with van der Waals surface area (Å²) in [7, 11) is 1.81. The van der Waals surface area contributed by atoms with Crippen LogP contribution in [0.1, 0.15) is 42.9 Å². The maximum atomic E-state index is 12.4. The van der Waals surface area contributed by atoms with Gasteiger partial charge in [0.05, 0.1) is 11.4 Å². The molecule has 5 heteroatoms. The van der Waals surface area contributed by atoms with Crippen molar-refractivity contribution in [2.24, 2.45) is 17.6 Å². The van der Waals surface area contributed by atoms with E-state index in [-0.39, 0.29) is 29.3 Å². The van der Waals surface area contributed by atoms with Crippen molar-refractivity contribution in [2.45, 2.75) is 49.1 Å². The third-order valence-electron chi connectivity index (χ3n) is 6.10. The zero-order valence-electron chi connectivity index (χ0n) is 14.7. The van der Waals surface area contributed by atoms with E-state index in [0.717, 1.165) is 18.4 Å². The summed E-state index contributed by atoms with van der Waals surface area (Å²) < 4.78 is 5.89. The Kier molecular flexibility index (Phi) is 4.65. The predicted molar refractivity (Wildman–Crippen MR) is 101 cm³/mol. The quantitative estimate of drug-likeness (QED) is 0.872. The van der Waals surface area contributed by atoms with Gasteiger partial charge >= 0.3 is 0 Å². The van der Waals surface area contributed by atoms with Gasteiger partial charge in [-0.3, -0.25) is 4.79 Å². The second-order valence-corrected chi connectivity index (χ2v) is 8.54. The Morgan fingerprint density at radius 3 is 2.72 bits per heavy atom. The van der Waals surface area contributed by atoms with Crippen LogP contribution in [0.4, 0.5) is 0 Å². The van der Waals surface area contributed by atoms with Gasteiger partial charge in [0.15, 0.2) is 0 Å². The summed E-state index contributed by atoms with van der Waals surface area (Å²) >= 11 is 1.65. The van der Waals surface area contributed by atoms with Gasteiger partial charge in [-0.1, -0.05) is 30.3 Å². The fourth-order valence-electron chi connectivity index (χ4n) is 4.86. The number of methoxy groups -OCH3 is 1. The molecule has 0 radical (unpaired) electrons. The summed E-state index contributed by atoms with van der Waals surface area (Å²) in [6.07, 6.45) is 4.40. The van der Waals surface area contributed by atoms with Crippen LogP contribution in [0, 0.1) is 11.8 Å². The van der Waals surface area contributed by atoms with Gasteiger partial charge in [-0.2, -0.15) is 0 Å². The van der Waals surface area contributed by atoms with Crippen LogP contribution in [0.5, 0.6) is 0 Å². The first-order valence-corrected chi connectivity index (χ1v) is 10.0. The van der Waals surface area contributed by atoms with Gasteiger partial charge in [0.2, 0.25) is 5.91 Å². The average Bonchev–Trinajstić information content (AvgIpc) is 3.11. The largest absolute Gasteiger partial charge is 0.381 e. The van der Waals surface area contributed by atoms with Gasteiger partial charge in [-0.05, 0) is 42.2 Å². The minimum Gasteiger partial charge on any atom is -0.381 e. The Hall–Kier alpha value is -1.30. The Morgan fingerprint density at radius 2 is 2.04 bits per heavy atom. The molecule has 3 N–H and O–H groups in total. The molecule has 4 nitrogen and oxygen atoms in total. The van der Waals surface area contributed by atoms with E-state index in [4.69, 9.17) is 10.5 Å². The molecule has 7 atom stereocenters. The first kappa shape index (κ1) is 17.1. The Bertz CT molecular complexity index is 673. The summed E-state index contributed by atoms with van der Waals surface area (Å²) in [4.78, 5) is 12.4. The highest BCUT2D eigenvalue weighted by molar-refractivity contribution is 8.03. The molecular formula is C20H26N2O2S. The lowest BCUT2D eigenvalue weighted by molar-refractivity contribution is -0.127. The van der Waals surface area contributed by atoms with Crippen molar-refractivity contribution >= 4 is 17.7 Å². The number of fused-ring (bicyclic) bond motifs is 3. The number of carbonyl (C=O) groups excluding carboxylic acids is 1. The van der Waals surface area contributed by atoms with Crippen molar-refractivity contribution in [1.82, 2.24) is 5.32 Å². The molecule has 3 aliphatic rings. The van der Waals surface area contributed by atoms with Crippen molar-refractivity contribution in [3.05, 3.63) is 46.9 Å². The molecule has 0 aromatic heterocycles. The first-order chi connectivity index (χ1) is 12.1. The maximum Gasteiger partial charge on any atom is 0.234 e. The van der Waals surface area contributed by atoms with Crippen LogP contribution in [0.3, 0.4) is 0 Å². The lowest BCUT2D eigenvalue weighted by Crippen LogP contribution is -2.59. The molecule has 25 heavy (non-hydrogen) atoms. The maximum absolute atomic E-state index is 12.4. The normalized spacial score (nSPS) is 38.0. The zero-order valence-corrected chi connectivity index (χ0v) is 15.5. The van der Waals surface area contributed by atoms with Gasteiger partial charge in [0.25, 0.3) is 0 Å². The SMILES string of the molecule is COC1CCC2NC(=O)C3SC=CC3C2C1c1ccc([C@@H](C)N)cc1. The highest BCUT2D eigenvalue weighted by Gasteiger charge is 2.52. The number of nitrogens with two attached hydrogens (primary N) is 1. The number of allylic oxidation sites excluding steroid dienone is 1. The van der Waals surface area contributed by atoms with Crippen LogP contribution >= 0.6 is 11.8 Å². The standard InChI is InChI=1S/C20H26N2O2S/c1-11(21)12-3-5-13(6-4-12)17-16(24-2)8-7-15-18(17)14-9-10-25-19(14)20(23)22-15/h3-6,9-11,14-19H,7-8,21H2,1-2H3,(H,22,23)/t11-,14?,15?,16?,17?,18?,19?/m1/s1. The van der Waals surface area contributed by atoms with Crippen LogP contribution in [0.2, 0.25) is 0 Å². The summed E-state index contributed by atoms with van der Waals surface area (Å²) in [5.74, 6) is 1.17. The number of hydrogen-bond acceptors (Lipinski definition) is 4. The molecule has 1 saturated heterocycles. The molecule has 0 spiro atoms. The topological polar surface area (TPSA) is 64.3 Å². The predicted octanol–water partition coefficient (Wildman–Crippen LogP) is 2.96. The molecule has 1 aromatic rings. The van der Waals surface area contributed by atoms with E-state index in [9.17, 15) is 4.79 Å². The smallest absolute Gasteiger partial charge is 0.234 e. The van der Waals surface area contributed by atoms with E-state index in [2.05, 4.69) is 41.1 Å². The highest BCUT2D eigenvalue weighted by atomic mass is 32.2. The lowest BCUT2D eigenvalue weighted by Gasteiger charge is -2.49. The molecule has 4 rings (SSSR count). The second-order valence-electron chi connectivity index (χ2n) is 7.49. The average molecular weight is 359 g/mol. The van der Waals surface area contributed by atoms with Gasteiger partial charge in [-0.15, -0.1) is 11.8 Å². The third-order valence-corrected chi connectivity index (χ3v) is 7.23. The van der Waals surface area contributed by atoms with Crippen LogP contribution in [0.25, 0.3) is 0 Å². The van der Waals surface area contributed by atoms with E-state index in [0.29, 0.717) is 17.8 Å². The number of piperidine rings is 1. The zero-order chi connectivity index (χ0) is 17.6. The van der Waals surface area contributed by atoms with Gasteiger partial charge in [0, 0.05) is 31.0 Å². The van der Waals surface area contributed by atoms with Gasteiger partial charge in [-0.25, -0.2) is 0 Å². The molecule has 6 unspecified atom stereocenters. The van der Waals surface area contributed by atoms with Crippen LogP contribution in [-0.4, -0.2) is 30.4 Å². The number of thioether (sulfide) groups is 1. The fourth-order valence-corrected chi connectivity index (χ4v) is 5.94. The molecule has 134 valence electrons. The van der Waals surface area contributed by atoms with E-state index < -0.39 is 0 Å². The Balaban J connectivity index is 1.71. The Morgan fingerprint density at radius 1 is 1.28 bits per heavy atom. The molecule has 1 aromatic carbocycles. The first-order valence-electron chi connectivity index (χ1n) is 9.11. The fraction of sp³-hybridized carbons (Fsp3) is 0.550. The monoisotopic (exact) mass is 358 g/mol. The summed E-state index contributed by atoms with van der Waals surface area (Å²) in [6.45, 7) is 2.01. The lowest BCUT2D eigenvalue weighted by atomic mass is 9.63. The molecule has 1 aliphatic carbocycles. The number of rotatable bonds is 3. The molecule has 1 amide bonds. The molecule has 2 aliphatic heterocycles. The Labute approximate surface area is 153 Å². The molecular weight excluding hydrogens is 332 g/mol. The third kappa shape index (κ3) is 2.92. The van der Waals surface area contributed by atoms with Crippen LogP contribution in [0.15, 0.2) is 35.7 Å².